The summed E-state index contributed by atoms with van der Waals surface area (Å²) in [4.78, 5) is 27.6. The summed E-state index contributed by atoms with van der Waals surface area (Å²) in [6, 6.07) is 35.3. The van der Waals surface area contributed by atoms with Gasteiger partial charge in [0.1, 0.15) is 24.4 Å². The fourth-order valence-corrected chi connectivity index (χ4v) is 6.76. The third-order valence-electron chi connectivity index (χ3n) is 8.53. The molecule has 0 radical (unpaired) electrons. The van der Waals surface area contributed by atoms with Crippen LogP contribution in [0, 0.1) is 0 Å². The number of amides is 2. The molecule has 1 saturated heterocycles. The molecule has 49 heavy (non-hydrogen) atoms. The summed E-state index contributed by atoms with van der Waals surface area (Å²) in [5.41, 5.74) is 3.37. The van der Waals surface area contributed by atoms with E-state index in [1.165, 1.54) is 0 Å². The molecular formula is C38H39NO9S. The van der Waals surface area contributed by atoms with Gasteiger partial charge in [-0.25, -0.2) is 0 Å². The normalized spacial score (nSPS) is 20.3. The molecule has 6 rings (SSSR count). The maximum Gasteiger partial charge on any atom is 0.264 e. The van der Waals surface area contributed by atoms with Gasteiger partial charge in [0.25, 0.3) is 21.9 Å². The summed E-state index contributed by atoms with van der Waals surface area (Å²) in [5.74, 6) is -0.836. The van der Waals surface area contributed by atoms with E-state index in [2.05, 4.69) is 0 Å². The van der Waals surface area contributed by atoms with Crippen LogP contribution in [0.3, 0.4) is 0 Å². The van der Waals surface area contributed by atoms with E-state index in [1.807, 2.05) is 91.0 Å². The maximum absolute atomic E-state index is 13.2. The Morgan fingerprint density at radius 1 is 0.714 bits per heavy atom. The second-order valence-corrected chi connectivity index (χ2v) is 13.7. The number of rotatable bonds is 16. The number of hydrogen-bond donors (Lipinski definition) is 0. The van der Waals surface area contributed by atoms with Gasteiger partial charge in [0.15, 0.2) is 0 Å². The number of nitrogens with zero attached hydrogens (tertiary/aromatic N) is 1. The largest absolute Gasteiger partial charge is 0.371 e. The van der Waals surface area contributed by atoms with Crippen molar-refractivity contribution in [2.24, 2.45) is 0 Å². The Morgan fingerprint density at radius 2 is 1.20 bits per heavy atom. The highest BCUT2D eigenvalue weighted by molar-refractivity contribution is 7.86. The number of carbonyl (C=O) groups is 2. The lowest BCUT2D eigenvalue weighted by Gasteiger charge is -2.34. The van der Waals surface area contributed by atoms with Gasteiger partial charge in [0.2, 0.25) is 0 Å². The van der Waals surface area contributed by atoms with Gasteiger partial charge in [-0.15, -0.1) is 0 Å². The molecule has 0 aliphatic carbocycles. The number of benzene rings is 4. The molecule has 0 bridgehead atoms. The Hall–Kier alpha value is -4.23. The lowest BCUT2D eigenvalue weighted by Crippen LogP contribution is -2.50. The molecule has 4 aromatic carbocycles. The molecule has 2 amide bonds. The van der Waals surface area contributed by atoms with Crippen LogP contribution in [-0.4, -0.2) is 75.1 Å². The van der Waals surface area contributed by atoms with E-state index in [9.17, 15) is 18.0 Å². The Bertz CT molecular complexity index is 1770. The van der Waals surface area contributed by atoms with Gasteiger partial charge < -0.3 is 18.9 Å². The lowest BCUT2D eigenvalue weighted by molar-refractivity contribution is -0.131. The number of imide groups is 1. The Morgan fingerprint density at radius 3 is 1.73 bits per heavy atom. The maximum atomic E-state index is 13.2. The van der Waals surface area contributed by atoms with Crippen LogP contribution in [0.25, 0.3) is 0 Å². The molecule has 0 spiro atoms. The summed E-state index contributed by atoms with van der Waals surface area (Å²) < 4.78 is 57.0. The summed E-state index contributed by atoms with van der Waals surface area (Å²) in [6.45, 7) is 0.703. The van der Waals surface area contributed by atoms with Crippen molar-refractivity contribution < 1.29 is 41.1 Å². The van der Waals surface area contributed by atoms with Crippen LogP contribution in [-0.2, 0) is 53.1 Å². The van der Waals surface area contributed by atoms with E-state index in [0.29, 0.717) is 11.1 Å². The molecule has 2 aliphatic heterocycles. The summed E-state index contributed by atoms with van der Waals surface area (Å²) in [5, 5.41) is 0. The average Bonchev–Trinajstić information content (AvgIpc) is 3.63. The zero-order valence-electron chi connectivity index (χ0n) is 27.1. The molecule has 5 atom stereocenters. The van der Waals surface area contributed by atoms with Crippen LogP contribution in [0.15, 0.2) is 115 Å². The second kappa shape index (κ2) is 16.0. The highest BCUT2D eigenvalue weighted by Gasteiger charge is 2.48. The van der Waals surface area contributed by atoms with Crippen LogP contribution >= 0.6 is 0 Å². The molecule has 0 unspecified atom stereocenters. The first-order chi connectivity index (χ1) is 23.8. The van der Waals surface area contributed by atoms with Crippen molar-refractivity contribution in [2.75, 3.05) is 19.4 Å². The molecule has 4 aromatic rings. The fourth-order valence-electron chi connectivity index (χ4n) is 6.13. The molecule has 256 valence electrons. The monoisotopic (exact) mass is 685 g/mol. The van der Waals surface area contributed by atoms with E-state index in [-0.39, 0.29) is 39.4 Å². The third kappa shape index (κ3) is 8.87. The number of ether oxygens (including phenoxy) is 4. The predicted octanol–water partition coefficient (Wildman–Crippen LogP) is 5.17. The Kier molecular flexibility index (Phi) is 11.3. The minimum atomic E-state index is -4.06. The van der Waals surface area contributed by atoms with Crippen molar-refractivity contribution >= 4 is 21.9 Å². The molecule has 0 N–H and O–H groups in total. The van der Waals surface area contributed by atoms with Crippen molar-refractivity contribution in [3.05, 3.63) is 143 Å². The zero-order valence-corrected chi connectivity index (χ0v) is 27.9. The highest BCUT2D eigenvalue weighted by atomic mass is 32.2. The average molecular weight is 686 g/mol. The molecule has 2 heterocycles. The smallest absolute Gasteiger partial charge is 0.264 e. The van der Waals surface area contributed by atoms with E-state index in [1.54, 1.807) is 24.3 Å². The quantitative estimate of drug-likeness (QED) is 0.116. The minimum absolute atomic E-state index is 0.0361. The first-order valence-corrected chi connectivity index (χ1v) is 18.0. The van der Waals surface area contributed by atoms with Gasteiger partial charge in [-0.3, -0.25) is 18.7 Å². The van der Waals surface area contributed by atoms with Crippen LogP contribution in [0.5, 0.6) is 0 Å². The summed E-state index contributed by atoms with van der Waals surface area (Å²) in [6.07, 6.45) is -3.37. The Labute approximate surface area is 286 Å². The number of fused-ring (bicyclic) bond motifs is 1. The summed E-state index contributed by atoms with van der Waals surface area (Å²) >= 11 is 0. The topological polar surface area (TPSA) is 118 Å². The number of carbonyl (C=O) groups excluding carboxylic acids is 2. The molecule has 1 fully saturated rings. The molecule has 2 aliphatic rings. The van der Waals surface area contributed by atoms with Gasteiger partial charge in [-0.05, 0) is 35.2 Å². The lowest BCUT2D eigenvalue weighted by atomic mass is 9.98. The Balaban J connectivity index is 1.28. The summed E-state index contributed by atoms with van der Waals surface area (Å²) in [7, 11) is -4.06. The number of hydrogen-bond acceptors (Lipinski definition) is 9. The van der Waals surface area contributed by atoms with Crippen LogP contribution in [0.1, 0.15) is 43.8 Å². The van der Waals surface area contributed by atoms with Gasteiger partial charge in [-0.2, -0.15) is 8.42 Å². The second-order valence-electron chi connectivity index (χ2n) is 12.1. The molecular weight excluding hydrogens is 646 g/mol. The van der Waals surface area contributed by atoms with E-state index in [4.69, 9.17) is 23.1 Å². The van der Waals surface area contributed by atoms with E-state index in [0.717, 1.165) is 27.8 Å². The van der Waals surface area contributed by atoms with Crippen molar-refractivity contribution in [2.45, 2.75) is 56.8 Å². The van der Waals surface area contributed by atoms with Crippen molar-refractivity contribution in [1.82, 2.24) is 4.90 Å². The molecule has 10 nitrogen and oxygen atoms in total. The van der Waals surface area contributed by atoms with Crippen LogP contribution in [0.2, 0.25) is 0 Å². The van der Waals surface area contributed by atoms with Crippen molar-refractivity contribution in [3.63, 3.8) is 0 Å². The van der Waals surface area contributed by atoms with Gasteiger partial charge in [-0.1, -0.05) is 103 Å². The molecule has 11 heteroatoms. The van der Waals surface area contributed by atoms with Gasteiger partial charge in [0.05, 0.1) is 49.9 Å². The molecule has 0 saturated carbocycles. The van der Waals surface area contributed by atoms with Crippen molar-refractivity contribution in [1.29, 1.82) is 0 Å². The fraction of sp³-hybridized carbons (Fsp3) is 0.316. The first-order valence-electron chi connectivity index (χ1n) is 16.2. The van der Waals surface area contributed by atoms with Gasteiger partial charge in [0, 0.05) is 6.54 Å². The van der Waals surface area contributed by atoms with Crippen molar-refractivity contribution in [3.8, 4) is 0 Å². The third-order valence-corrected chi connectivity index (χ3v) is 9.11. The molecule has 0 aromatic heterocycles. The standard InChI is InChI=1S/C38H39NO9S/c1-49(42,43)48-35(36-34(46-25-29-17-9-4-10-18-29)33(26-47-36)45-24-28-15-7-3-8-16-28)32(44-23-27-13-5-2-6-14-27)21-22-39-37(40)30-19-11-12-20-31(30)38(39)41/h2-20,32-36H,21-26H2,1H3/t32-,33+,34-,35+,36+/m0/s1. The van der Waals surface area contributed by atoms with Crippen LogP contribution < -0.4 is 0 Å². The first kappa shape index (κ1) is 34.6. The SMILES string of the molecule is CS(=O)(=O)O[C@@H]([C@@H]1OC[C@@H](OCc2ccccc2)[C@@H]1OCc1ccccc1)[C@H](CCN1C(=O)c2ccccc2C1=O)OCc1ccccc1. The van der Waals surface area contributed by atoms with Gasteiger partial charge >= 0.3 is 0 Å². The minimum Gasteiger partial charge on any atom is -0.371 e. The van der Waals surface area contributed by atoms with E-state index < -0.39 is 52.5 Å². The highest BCUT2D eigenvalue weighted by Crippen LogP contribution is 2.32. The zero-order chi connectivity index (χ0) is 34.2. The predicted molar refractivity (Wildman–Crippen MR) is 181 cm³/mol. The van der Waals surface area contributed by atoms with E-state index >= 15 is 0 Å². The van der Waals surface area contributed by atoms with Crippen LogP contribution in [0.4, 0.5) is 0 Å².